The molecule has 0 N–H and O–H groups in total. The first-order valence-electron chi connectivity index (χ1n) is 8.43. The minimum atomic E-state index is -3.19. The van der Waals surface area contributed by atoms with Gasteiger partial charge in [-0.2, -0.15) is 5.10 Å². The van der Waals surface area contributed by atoms with Crippen LogP contribution >= 0.6 is 11.6 Å². The highest BCUT2D eigenvalue weighted by atomic mass is 35.5. The van der Waals surface area contributed by atoms with Crippen LogP contribution in [0.5, 0.6) is 0 Å². The van der Waals surface area contributed by atoms with Crippen molar-refractivity contribution >= 4 is 32.8 Å². The lowest BCUT2D eigenvalue weighted by Gasteiger charge is -2.14. The van der Waals surface area contributed by atoms with Gasteiger partial charge >= 0.3 is 0 Å². The molecule has 0 saturated carbocycles. The van der Waals surface area contributed by atoms with E-state index < -0.39 is 9.84 Å². The molecule has 0 radical (unpaired) electrons. The van der Waals surface area contributed by atoms with Gasteiger partial charge < -0.3 is 0 Å². The van der Waals surface area contributed by atoms with Gasteiger partial charge in [-0.05, 0) is 48.4 Å². The Labute approximate surface area is 154 Å². The molecule has 6 heteroatoms. The van der Waals surface area contributed by atoms with Crippen molar-refractivity contribution in [1.29, 1.82) is 0 Å². The lowest BCUT2D eigenvalue weighted by Crippen LogP contribution is -2.12. The van der Waals surface area contributed by atoms with Gasteiger partial charge in [0, 0.05) is 18.0 Å². The van der Waals surface area contributed by atoms with Crippen LogP contribution < -0.4 is 5.01 Å². The number of halogens is 1. The highest BCUT2D eigenvalue weighted by molar-refractivity contribution is 7.91. The molecular formula is C19H21ClN2O2S. The molecule has 2 aromatic carbocycles. The second kappa shape index (κ2) is 7.58. The fraction of sp³-hybridized carbons (Fsp3) is 0.316. The van der Waals surface area contributed by atoms with E-state index in [-0.39, 0.29) is 5.75 Å². The maximum atomic E-state index is 12.2. The van der Waals surface area contributed by atoms with E-state index in [1.54, 1.807) is 12.1 Å². The van der Waals surface area contributed by atoms with Crippen LogP contribution in [-0.2, 0) is 9.84 Å². The van der Waals surface area contributed by atoms with E-state index in [0.717, 1.165) is 36.3 Å². The largest absolute Gasteiger partial charge is 0.265 e. The van der Waals surface area contributed by atoms with Gasteiger partial charge in [0.15, 0.2) is 9.84 Å². The minimum absolute atomic E-state index is 0.200. The van der Waals surface area contributed by atoms with Crippen LogP contribution in [0.2, 0.25) is 5.02 Å². The van der Waals surface area contributed by atoms with E-state index in [4.69, 9.17) is 11.6 Å². The third-order valence-corrected chi connectivity index (χ3v) is 6.31. The topological polar surface area (TPSA) is 49.7 Å². The Balaban J connectivity index is 1.76. The molecule has 1 heterocycles. The van der Waals surface area contributed by atoms with Gasteiger partial charge in [0.1, 0.15) is 0 Å². The normalized spacial score (nSPS) is 14.6. The Bertz CT molecular complexity index is 859. The zero-order valence-electron chi connectivity index (χ0n) is 14.2. The number of nitrogens with zero attached hydrogens (tertiary/aromatic N) is 2. The van der Waals surface area contributed by atoms with E-state index in [2.05, 4.69) is 5.10 Å². The number of unbranched alkanes of at least 4 members (excludes halogenated alkanes) is 1. The monoisotopic (exact) mass is 376 g/mol. The molecule has 4 nitrogen and oxygen atoms in total. The van der Waals surface area contributed by atoms with Crippen molar-refractivity contribution in [2.75, 3.05) is 17.3 Å². The van der Waals surface area contributed by atoms with E-state index in [9.17, 15) is 8.42 Å². The molecule has 0 atom stereocenters. The van der Waals surface area contributed by atoms with Crippen molar-refractivity contribution in [3.8, 4) is 0 Å². The van der Waals surface area contributed by atoms with Crippen molar-refractivity contribution in [2.45, 2.75) is 31.1 Å². The molecule has 0 aliphatic carbocycles. The second-order valence-corrected chi connectivity index (χ2v) is 8.64. The Morgan fingerprint density at radius 2 is 1.76 bits per heavy atom. The molecule has 0 unspecified atom stereocenters. The van der Waals surface area contributed by atoms with Crippen molar-refractivity contribution in [3.05, 3.63) is 59.1 Å². The predicted molar refractivity (Wildman–Crippen MR) is 103 cm³/mol. The lowest BCUT2D eigenvalue weighted by molar-refractivity contribution is 0.592. The standard InChI is InChI=1S/C19H21ClN2O2S/c1-2-3-14-25(23,24)18-10-8-17(9-11-18)22-13-12-19(21-22)15-4-6-16(20)7-5-15/h4-11H,2-3,12-14H2,1H3. The van der Waals surface area contributed by atoms with Gasteiger partial charge in [0.2, 0.25) is 0 Å². The molecule has 2 aromatic rings. The first kappa shape index (κ1) is 18.0. The number of hydrogen-bond donors (Lipinski definition) is 0. The number of hydrazone groups is 1. The fourth-order valence-corrected chi connectivity index (χ4v) is 4.35. The third-order valence-electron chi connectivity index (χ3n) is 4.24. The minimum Gasteiger partial charge on any atom is -0.265 e. The van der Waals surface area contributed by atoms with Gasteiger partial charge in [0.05, 0.1) is 22.0 Å². The van der Waals surface area contributed by atoms with Crippen molar-refractivity contribution in [3.63, 3.8) is 0 Å². The highest BCUT2D eigenvalue weighted by Crippen LogP contribution is 2.24. The number of rotatable bonds is 6. The van der Waals surface area contributed by atoms with Crippen LogP contribution in [0, 0.1) is 0 Å². The summed E-state index contributed by atoms with van der Waals surface area (Å²) in [7, 11) is -3.19. The van der Waals surface area contributed by atoms with Gasteiger partial charge in [0.25, 0.3) is 0 Å². The average molecular weight is 377 g/mol. The summed E-state index contributed by atoms with van der Waals surface area (Å²) in [6.45, 7) is 2.77. The van der Waals surface area contributed by atoms with Crippen LogP contribution in [0.3, 0.4) is 0 Å². The second-order valence-electron chi connectivity index (χ2n) is 6.09. The summed E-state index contributed by atoms with van der Waals surface area (Å²) < 4.78 is 24.5. The van der Waals surface area contributed by atoms with Crippen molar-refractivity contribution in [2.24, 2.45) is 5.10 Å². The maximum Gasteiger partial charge on any atom is 0.178 e. The molecule has 0 spiro atoms. The number of anilines is 1. The van der Waals surface area contributed by atoms with Crippen LogP contribution in [0.4, 0.5) is 5.69 Å². The predicted octanol–water partition coefficient (Wildman–Crippen LogP) is 4.53. The average Bonchev–Trinajstić information content (AvgIpc) is 3.11. The van der Waals surface area contributed by atoms with Gasteiger partial charge in [-0.3, -0.25) is 5.01 Å². The number of sulfone groups is 1. The summed E-state index contributed by atoms with van der Waals surface area (Å²) in [4.78, 5) is 0.380. The van der Waals surface area contributed by atoms with Crippen molar-refractivity contribution < 1.29 is 8.42 Å². The smallest absolute Gasteiger partial charge is 0.178 e. The first-order valence-corrected chi connectivity index (χ1v) is 10.5. The molecular weight excluding hydrogens is 356 g/mol. The highest BCUT2D eigenvalue weighted by Gasteiger charge is 2.19. The first-order chi connectivity index (χ1) is 12.0. The summed E-state index contributed by atoms with van der Waals surface area (Å²) in [5, 5.41) is 7.27. The summed E-state index contributed by atoms with van der Waals surface area (Å²) in [5.41, 5.74) is 2.97. The van der Waals surface area contributed by atoms with E-state index in [1.807, 2.05) is 48.3 Å². The van der Waals surface area contributed by atoms with E-state index >= 15 is 0 Å². The number of hydrogen-bond acceptors (Lipinski definition) is 4. The van der Waals surface area contributed by atoms with Crippen LogP contribution in [0.1, 0.15) is 31.7 Å². The van der Waals surface area contributed by atoms with Gasteiger partial charge in [-0.1, -0.05) is 37.1 Å². The molecule has 3 rings (SSSR count). The molecule has 1 aliphatic heterocycles. The molecule has 0 saturated heterocycles. The SMILES string of the molecule is CCCCS(=O)(=O)c1ccc(N2CCC(c3ccc(Cl)cc3)=N2)cc1. The van der Waals surface area contributed by atoms with Gasteiger partial charge in [-0.25, -0.2) is 8.42 Å². The van der Waals surface area contributed by atoms with Gasteiger partial charge in [-0.15, -0.1) is 0 Å². The van der Waals surface area contributed by atoms with Crippen molar-refractivity contribution in [1.82, 2.24) is 0 Å². The molecule has 132 valence electrons. The fourth-order valence-electron chi connectivity index (χ4n) is 2.77. The van der Waals surface area contributed by atoms with Crippen LogP contribution in [-0.4, -0.2) is 26.4 Å². The molecule has 0 fully saturated rings. The Kier molecular flexibility index (Phi) is 5.45. The molecule has 0 aromatic heterocycles. The van der Waals surface area contributed by atoms with E-state index in [0.29, 0.717) is 16.3 Å². The Morgan fingerprint density at radius 3 is 2.40 bits per heavy atom. The zero-order chi connectivity index (χ0) is 17.9. The summed E-state index contributed by atoms with van der Waals surface area (Å²) in [5.74, 6) is 0.200. The molecule has 25 heavy (non-hydrogen) atoms. The Hall–Kier alpha value is -1.85. The third kappa shape index (κ3) is 4.22. The summed E-state index contributed by atoms with van der Waals surface area (Å²) >= 11 is 5.93. The summed E-state index contributed by atoms with van der Waals surface area (Å²) in [6.07, 6.45) is 2.40. The maximum absolute atomic E-state index is 12.2. The van der Waals surface area contributed by atoms with Crippen LogP contribution in [0.25, 0.3) is 0 Å². The molecule has 0 bridgehead atoms. The van der Waals surface area contributed by atoms with E-state index in [1.165, 1.54) is 0 Å². The number of benzene rings is 2. The molecule has 1 aliphatic rings. The Morgan fingerprint density at radius 1 is 1.08 bits per heavy atom. The van der Waals surface area contributed by atoms with Crippen LogP contribution in [0.15, 0.2) is 58.5 Å². The zero-order valence-corrected chi connectivity index (χ0v) is 15.7. The molecule has 0 amide bonds. The quantitative estimate of drug-likeness (QED) is 0.744. The summed E-state index contributed by atoms with van der Waals surface area (Å²) in [6, 6.07) is 14.7. The lowest BCUT2D eigenvalue weighted by atomic mass is 10.1.